The Bertz CT molecular complexity index is 389. The second-order valence-corrected chi connectivity index (χ2v) is 3.52. The van der Waals surface area contributed by atoms with Gasteiger partial charge in [0.05, 0.1) is 5.56 Å². The zero-order valence-electron chi connectivity index (χ0n) is 7.12. The van der Waals surface area contributed by atoms with Crippen LogP contribution in [0.1, 0.15) is 5.76 Å². The SMILES string of the molecule is Cc1onc(Br)c1-c1ccccc1. The van der Waals surface area contributed by atoms with Crippen LogP contribution in [0.25, 0.3) is 11.1 Å². The standard InChI is InChI=1S/C10H8BrNO/c1-7-9(10(11)12-13-7)8-5-3-2-4-6-8/h2-6H,1H3. The van der Waals surface area contributed by atoms with E-state index in [-0.39, 0.29) is 0 Å². The number of hydrogen-bond acceptors (Lipinski definition) is 2. The lowest BCUT2D eigenvalue weighted by atomic mass is 10.1. The number of aromatic nitrogens is 1. The maximum absolute atomic E-state index is 5.05. The van der Waals surface area contributed by atoms with Gasteiger partial charge in [0.15, 0.2) is 4.60 Å². The van der Waals surface area contributed by atoms with Gasteiger partial charge in [-0.15, -0.1) is 0 Å². The van der Waals surface area contributed by atoms with Crippen LogP contribution in [0.2, 0.25) is 0 Å². The van der Waals surface area contributed by atoms with Crippen molar-refractivity contribution in [2.45, 2.75) is 6.92 Å². The molecule has 0 fully saturated rings. The van der Waals surface area contributed by atoms with Gasteiger partial charge in [0.1, 0.15) is 5.76 Å². The summed E-state index contributed by atoms with van der Waals surface area (Å²) in [5, 5.41) is 3.83. The fourth-order valence-electron chi connectivity index (χ4n) is 1.27. The molecule has 0 amide bonds. The summed E-state index contributed by atoms with van der Waals surface area (Å²) in [4.78, 5) is 0. The molecule has 2 nitrogen and oxygen atoms in total. The van der Waals surface area contributed by atoms with Crippen molar-refractivity contribution in [2.75, 3.05) is 0 Å². The van der Waals surface area contributed by atoms with Crippen LogP contribution in [0.5, 0.6) is 0 Å². The molecule has 2 aromatic rings. The number of rotatable bonds is 1. The lowest BCUT2D eigenvalue weighted by molar-refractivity contribution is 0.394. The zero-order valence-corrected chi connectivity index (χ0v) is 8.71. The first-order chi connectivity index (χ1) is 6.29. The van der Waals surface area contributed by atoms with Gasteiger partial charge in [-0.05, 0) is 28.4 Å². The largest absolute Gasteiger partial charge is 0.360 e. The minimum atomic E-state index is 0.760. The first kappa shape index (κ1) is 8.51. The third-order valence-corrected chi connectivity index (χ3v) is 2.42. The van der Waals surface area contributed by atoms with Crippen LogP contribution >= 0.6 is 15.9 Å². The van der Waals surface area contributed by atoms with Crippen molar-refractivity contribution in [1.82, 2.24) is 5.16 Å². The number of hydrogen-bond donors (Lipinski definition) is 0. The minimum absolute atomic E-state index is 0.760. The van der Waals surface area contributed by atoms with Crippen molar-refractivity contribution < 1.29 is 4.52 Å². The van der Waals surface area contributed by atoms with Crippen molar-refractivity contribution in [2.24, 2.45) is 0 Å². The van der Waals surface area contributed by atoms with Crippen LogP contribution in [-0.2, 0) is 0 Å². The number of aryl methyl sites for hydroxylation is 1. The van der Waals surface area contributed by atoms with E-state index in [9.17, 15) is 0 Å². The van der Waals surface area contributed by atoms with Crippen molar-refractivity contribution in [3.8, 4) is 11.1 Å². The summed E-state index contributed by atoms with van der Waals surface area (Å²) in [7, 11) is 0. The summed E-state index contributed by atoms with van der Waals surface area (Å²) >= 11 is 3.35. The molecule has 0 saturated heterocycles. The van der Waals surface area contributed by atoms with E-state index in [4.69, 9.17) is 4.52 Å². The summed E-state index contributed by atoms with van der Waals surface area (Å²) in [6.07, 6.45) is 0. The van der Waals surface area contributed by atoms with Crippen LogP contribution in [0.4, 0.5) is 0 Å². The van der Waals surface area contributed by atoms with Gasteiger partial charge in [0.25, 0.3) is 0 Å². The van der Waals surface area contributed by atoms with Gasteiger partial charge < -0.3 is 4.52 Å². The average molecular weight is 238 g/mol. The fraction of sp³-hybridized carbons (Fsp3) is 0.100. The molecule has 66 valence electrons. The summed E-state index contributed by atoms with van der Waals surface area (Å²) in [6, 6.07) is 10.0. The molecular formula is C10H8BrNO. The van der Waals surface area contributed by atoms with Crippen LogP contribution < -0.4 is 0 Å². The predicted octanol–water partition coefficient (Wildman–Crippen LogP) is 3.41. The third-order valence-electron chi connectivity index (χ3n) is 1.88. The number of halogens is 1. The van der Waals surface area contributed by atoms with Gasteiger partial charge in [-0.1, -0.05) is 35.5 Å². The highest BCUT2D eigenvalue weighted by Crippen LogP contribution is 2.30. The summed E-state index contributed by atoms with van der Waals surface area (Å²) < 4.78 is 5.81. The summed E-state index contributed by atoms with van der Waals surface area (Å²) in [5.41, 5.74) is 2.15. The third kappa shape index (κ3) is 1.52. The Morgan fingerprint density at radius 3 is 2.46 bits per heavy atom. The fourth-order valence-corrected chi connectivity index (χ4v) is 1.85. The molecule has 0 spiro atoms. The Kier molecular flexibility index (Phi) is 2.19. The van der Waals surface area contributed by atoms with E-state index in [0.29, 0.717) is 0 Å². The van der Waals surface area contributed by atoms with E-state index >= 15 is 0 Å². The van der Waals surface area contributed by atoms with Crippen LogP contribution in [0, 0.1) is 6.92 Å². The second-order valence-electron chi connectivity index (χ2n) is 2.77. The Labute approximate surface area is 84.7 Å². The normalized spacial score (nSPS) is 10.3. The quantitative estimate of drug-likeness (QED) is 0.760. The van der Waals surface area contributed by atoms with E-state index in [0.717, 1.165) is 21.5 Å². The Hall–Kier alpha value is -1.09. The van der Waals surface area contributed by atoms with E-state index in [1.807, 2.05) is 37.3 Å². The Morgan fingerprint density at radius 1 is 1.23 bits per heavy atom. The Morgan fingerprint density at radius 2 is 1.92 bits per heavy atom. The van der Waals surface area contributed by atoms with E-state index in [1.165, 1.54) is 0 Å². The maximum Gasteiger partial charge on any atom is 0.157 e. The molecule has 0 aliphatic carbocycles. The van der Waals surface area contributed by atoms with Gasteiger partial charge in [0.2, 0.25) is 0 Å². The van der Waals surface area contributed by atoms with Crippen molar-refractivity contribution in [3.05, 3.63) is 40.7 Å². The molecule has 0 aliphatic rings. The lowest BCUT2D eigenvalue weighted by Crippen LogP contribution is -1.77. The predicted molar refractivity (Wildman–Crippen MR) is 54.4 cm³/mol. The molecule has 0 unspecified atom stereocenters. The molecular weight excluding hydrogens is 230 g/mol. The topological polar surface area (TPSA) is 26.0 Å². The lowest BCUT2D eigenvalue weighted by Gasteiger charge is -1.96. The van der Waals surface area contributed by atoms with Crippen LogP contribution in [0.15, 0.2) is 39.5 Å². The number of benzene rings is 1. The summed E-state index contributed by atoms with van der Waals surface area (Å²) in [5.74, 6) is 0.832. The van der Waals surface area contributed by atoms with Crippen LogP contribution in [0.3, 0.4) is 0 Å². The zero-order chi connectivity index (χ0) is 9.26. The second kappa shape index (κ2) is 3.34. The van der Waals surface area contributed by atoms with E-state index < -0.39 is 0 Å². The number of nitrogens with zero attached hydrogens (tertiary/aromatic N) is 1. The van der Waals surface area contributed by atoms with Gasteiger partial charge in [-0.2, -0.15) is 0 Å². The minimum Gasteiger partial charge on any atom is -0.360 e. The Balaban J connectivity index is 2.59. The van der Waals surface area contributed by atoms with Gasteiger partial charge in [-0.3, -0.25) is 0 Å². The molecule has 13 heavy (non-hydrogen) atoms. The first-order valence-corrected chi connectivity index (χ1v) is 4.75. The molecule has 0 radical (unpaired) electrons. The molecule has 0 N–H and O–H groups in total. The maximum atomic E-state index is 5.05. The highest BCUT2D eigenvalue weighted by atomic mass is 79.9. The van der Waals surface area contributed by atoms with Gasteiger partial charge in [-0.25, -0.2) is 0 Å². The molecule has 1 heterocycles. The molecule has 0 bridgehead atoms. The van der Waals surface area contributed by atoms with Crippen molar-refractivity contribution in [3.63, 3.8) is 0 Å². The molecule has 3 heteroatoms. The van der Waals surface area contributed by atoms with Gasteiger partial charge in [0, 0.05) is 0 Å². The first-order valence-electron chi connectivity index (χ1n) is 3.96. The molecule has 0 saturated carbocycles. The molecule has 1 aromatic heterocycles. The van der Waals surface area contributed by atoms with Crippen molar-refractivity contribution >= 4 is 15.9 Å². The molecule has 0 aliphatic heterocycles. The van der Waals surface area contributed by atoms with Gasteiger partial charge >= 0.3 is 0 Å². The smallest absolute Gasteiger partial charge is 0.157 e. The molecule has 1 aromatic carbocycles. The molecule has 0 atom stereocenters. The highest BCUT2D eigenvalue weighted by molar-refractivity contribution is 9.10. The van der Waals surface area contributed by atoms with Crippen LogP contribution in [-0.4, -0.2) is 5.16 Å². The average Bonchev–Trinajstić information content (AvgIpc) is 2.48. The van der Waals surface area contributed by atoms with E-state index in [1.54, 1.807) is 0 Å². The highest BCUT2D eigenvalue weighted by Gasteiger charge is 2.11. The van der Waals surface area contributed by atoms with E-state index in [2.05, 4.69) is 21.1 Å². The monoisotopic (exact) mass is 237 g/mol. The van der Waals surface area contributed by atoms with Crippen molar-refractivity contribution in [1.29, 1.82) is 0 Å². The summed E-state index contributed by atoms with van der Waals surface area (Å²) in [6.45, 7) is 1.90. The molecule has 2 rings (SSSR count).